The summed E-state index contributed by atoms with van der Waals surface area (Å²) in [6, 6.07) is 4.33. The molecule has 0 bridgehead atoms. The molecule has 1 amide bonds. The molecule has 1 heterocycles. The number of hydrogen-bond acceptors (Lipinski definition) is 5. The van der Waals surface area contributed by atoms with E-state index >= 15 is 0 Å². The smallest absolute Gasteiger partial charge is 0.416 e. The van der Waals surface area contributed by atoms with Gasteiger partial charge in [0.25, 0.3) is 5.91 Å². The Bertz CT molecular complexity index is 772. The Morgan fingerprint density at radius 2 is 2.16 bits per heavy atom. The first-order valence-electron chi connectivity index (χ1n) is 7.29. The molecule has 5 nitrogen and oxygen atoms in total. The molecule has 1 N–H and O–H groups in total. The van der Waals surface area contributed by atoms with Crippen LogP contribution < -0.4 is 10.2 Å². The van der Waals surface area contributed by atoms with E-state index in [1.165, 1.54) is 18.3 Å². The number of alkyl halides is 3. The molecule has 0 atom stereocenters. The first kappa shape index (κ1) is 18.9. The zero-order valence-electron chi connectivity index (χ0n) is 13.6. The van der Waals surface area contributed by atoms with E-state index in [-0.39, 0.29) is 5.75 Å². The first-order valence-corrected chi connectivity index (χ1v) is 8.10. The van der Waals surface area contributed by atoms with Crippen molar-refractivity contribution in [3.63, 3.8) is 0 Å². The number of amides is 1. The molecule has 0 aliphatic carbocycles. The molecule has 9 heteroatoms. The molecule has 0 saturated heterocycles. The van der Waals surface area contributed by atoms with Crippen molar-refractivity contribution in [1.29, 1.82) is 0 Å². The van der Waals surface area contributed by atoms with Gasteiger partial charge >= 0.3 is 6.18 Å². The lowest BCUT2D eigenvalue weighted by Crippen LogP contribution is -2.24. The second kappa shape index (κ2) is 8.11. The number of aromatic nitrogens is 1. The Labute approximate surface area is 146 Å². The number of hydrazone groups is 1. The van der Waals surface area contributed by atoms with Crippen LogP contribution in [-0.4, -0.2) is 23.7 Å². The third-order valence-electron chi connectivity index (χ3n) is 3.09. The minimum atomic E-state index is -4.46. The largest absolute Gasteiger partial charge is 0.484 e. The van der Waals surface area contributed by atoms with Crippen LogP contribution >= 0.6 is 11.3 Å². The van der Waals surface area contributed by atoms with Gasteiger partial charge in [-0.05, 0) is 32.0 Å². The van der Waals surface area contributed by atoms with Crippen molar-refractivity contribution >= 4 is 23.5 Å². The Hall–Kier alpha value is -2.42. The zero-order chi connectivity index (χ0) is 18.4. The highest BCUT2D eigenvalue weighted by Gasteiger charge is 2.30. The van der Waals surface area contributed by atoms with Crippen LogP contribution in [0, 0.1) is 13.8 Å². The molecule has 0 spiro atoms. The molecule has 25 heavy (non-hydrogen) atoms. The fraction of sp³-hybridized carbons (Fsp3) is 0.312. The van der Waals surface area contributed by atoms with Crippen LogP contribution in [0.5, 0.6) is 5.75 Å². The summed E-state index contributed by atoms with van der Waals surface area (Å²) in [4.78, 5) is 16.9. The second-order valence-corrected chi connectivity index (χ2v) is 6.39. The highest BCUT2D eigenvalue weighted by Crippen LogP contribution is 2.31. The van der Waals surface area contributed by atoms with E-state index in [0.29, 0.717) is 6.42 Å². The minimum Gasteiger partial charge on any atom is -0.484 e. The highest BCUT2D eigenvalue weighted by molar-refractivity contribution is 7.11. The van der Waals surface area contributed by atoms with Gasteiger partial charge < -0.3 is 4.74 Å². The van der Waals surface area contributed by atoms with Crippen LogP contribution in [0.3, 0.4) is 0 Å². The molecule has 0 aliphatic heterocycles. The van der Waals surface area contributed by atoms with Gasteiger partial charge in [0, 0.05) is 17.5 Å². The maximum absolute atomic E-state index is 12.6. The molecular formula is C16H16F3N3O2S. The molecule has 0 saturated carbocycles. The molecule has 1 aromatic carbocycles. The van der Waals surface area contributed by atoms with E-state index in [4.69, 9.17) is 4.74 Å². The molecule has 134 valence electrons. The average molecular weight is 371 g/mol. The summed E-state index contributed by atoms with van der Waals surface area (Å²) >= 11 is 1.55. The van der Waals surface area contributed by atoms with Crippen LogP contribution in [0.2, 0.25) is 0 Å². The maximum Gasteiger partial charge on any atom is 0.416 e. The lowest BCUT2D eigenvalue weighted by atomic mass is 10.2. The summed E-state index contributed by atoms with van der Waals surface area (Å²) in [5.74, 6) is -0.601. The predicted molar refractivity (Wildman–Crippen MR) is 88.9 cm³/mol. The maximum atomic E-state index is 12.6. The van der Waals surface area contributed by atoms with Crippen molar-refractivity contribution in [2.45, 2.75) is 26.4 Å². The van der Waals surface area contributed by atoms with Crippen molar-refractivity contribution < 1.29 is 22.7 Å². The third-order valence-corrected chi connectivity index (χ3v) is 4.18. The van der Waals surface area contributed by atoms with Gasteiger partial charge in [-0.3, -0.25) is 4.79 Å². The number of benzene rings is 1. The molecular weight excluding hydrogens is 355 g/mol. The number of ether oxygens (including phenoxy) is 1. The fourth-order valence-corrected chi connectivity index (χ4v) is 2.84. The number of nitrogens with one attached hydrogen (secondary N) is 1. The number of carbonyl (C=O) groups is 1. The van der Waals surface area contributed by atoms with Crippen LogP contribution in [0.25, 0.3) is 0 Å². The molecule has 2 aromatic rings. The summed E-state index contributed by atoms with van der Waals surface area (Å²) in [5.41, 5.74) is 2.35. The molecule has 0 fully saturated rings. The van der Waals surface area contributed by atoms with Gasteiger partial charge in [-0.1, -0.05) is 6.07 Å². The van der Waals surface area contributed by atoms with Crippen molar-refractivity contribution in [3.05, 3.63) is 45.4 Å². The number of rotatable bonds is 6. The summed E-state index contributed by atoms with van der Waals surface area (Å²) in [6.45, 7) is 3.37. The van der Waals surface area contributed by atoms with Gasteiger partial charge in [-0.25, -0.2) is 10.4 Å². The Morgan fingerprint density at radius 3 is 2.80 bits per heavy atom. The zero-order valence-corrected chi connectivity index (χ0v) is 14.4. The first-order chi connectivity index (χ1) is 11.8. The Balaban J connectivity index is 1.79. The van der Waals surface area contributed by atoms with Gasteiger partial charge in [0.1, 0.15) is 5.75 Å². The monoisotopic (exact) mass is 371 g/mol. The van der Waals surface area contributed by atoms with Crippen LogP contribution in [-0.2, 0) is 17.4 Å². The summed E-state index contributed by atoms with van der Waals surface area (Å²) in [7, 11) is 0. The summed E-state index contributed by atoms with van der Waals surface area (Å²) in [5, 5.41) is 4.74. The van der Waals surface area contributed by atoms with Gasteiger partial charge in [-0.15, -0.1) is 11.3 Å². The molecule has 0 radical (unpaired) electrons. The molecule has 0 aliphatic rings. The van der Waals surface area contributed by atoms with E-state index in [1.807, 2.05) is 13.8 Å². The number of nitrogens with zero attached hydrogens (tertiary/aromatic N) is 2. The third kappa shape index (κ3) is 5.86. The molecule has 1 aromatic heterocycles. The minimum absolute atomic E-state index is 0.0373. The van der Waals surface area contributed by atoms with Crippen LogP contribution in [0.4, 0.5) is 13.2 Å². The predicted octanol–water partition coefficient (Wildman–Crippen LogP) is 3.50. The lowest BCUT2D eigenvalue weighted by molar-refractivity contribution is -0.137. The van der Waals surface area contributed by atoms with E-state index in [2.05, 4.69) is 15.5 Å². The van der Waals surface area contributed by atoms with Crippen LogP contribution in [0.1, 0.15) is 21.1 Å². The lowest BCUT2D eigenvalue weighted by Gasteiger charge is -2.09. The summed E-state index contributed by atoms with van der Waals surface area (Å²) < 4.78 is 42.8. The standard InChI is InChI=1S/C16H16F3N3O2S/c1-10-14(25-11(2)21-10)6-7-20-22-15(23)9-24-13-5-3-4-12(8-13)16(17,18)19/h3-5,7-8H,6,9H2,1-2H3,(H,22,23). The Morgan fingerprint density at radius 1 is 1.40 bits per heavy atom. The molecule has 0 unspecified atom stereocenters. The number of carbonyl (C=O) groups excluding carboxylic acids is 1. The number of aryl methyl sites for hydroxylation is 2. The van der Waals surface area contributed by atoms with Gasteiger partial charge in [0.2, 0.25) is 0 Å². The van der Waals surface area contributed by atoms with Crippen molar-refractivity contribution in [2.75, 3.05) is 6.61 Å². The van der Waals surface area contributed by atoms with Crippen molar-refractivity contribution in [3.8, 4) is 5.75 Å². The second-order valence-electron chi connectivity index (χ2n) is 5.11. The fourth-order valence-electron chi connectivity index (χ4n) is 1.95. The van der Waals surface area contributed by atoms with Crippen LogP contribution in [0.15, 0.2) is 29.4 Å². The van der Waals surface area contributed by atoms with Gasteiger partial charge in [-0.2, -0.15) is 18.3 Å². The van der Waals surface area contributed by atoms with Crippen molar-refractivity contribution in [2.24, 2.45) is 5.10 Å². The number of halogens is 3. The summed E-state index contributed by atoms with van der Waals surface area (Å²) in [6.07, 6.45) is -2.40. The van der Waals surface area contributed by atoms with E-state index < -0.39 is 24.3 Å². The van der Waals surface area contributed by atoms with Gasteiger partial charge in [0.05, 0.1) is 16.3 Å². The quantitative estimate of drug-likeness (QED) is 0.624. The number of thiazole rings is 1. The number of hydrogen-bond donors (Lipinski definition) is 1. The SMILES string of the molecule is Cc1nc(C)c(CC=NNC(=O)COc2cccc(C(F)(F)F)c2)s1. The average Bonchev–Trinajstić information content (AvgIpc) is 2.87. The van der Waals surface area contributed by atoms with Crippen molar-refractivity contribution in [1.82, 2.24) is 10.4 Å². The van der Waals surface area contributed by atoms with Gasteiger partial charge in [0.15, 0.2) is 6.61 Å². The highest BCUT2D eigenvalue weighted by atomic mass is 32.1. The normalized spacial score (nSPS) is 11.7. The Kier molecular flexibility index (Phi) is 6.13. The topological polar surface area (TPSA) is 63.6 Å². The molecule has 2 rings (SSSR count). The van der Waals surface area contributed by atoms with E-state index in [9.17, 15) is 18.0 Å². The van der Waals surface area contributed by atoms with E-state index in [0.717, 1.165) is 27.7 Å². The van der Waals surface area contributed by atoms with E-state index in [1.54, 1.807) is 11.3 Å².